The Morgan fingerprint density at radius 1 is 1.09 bits per heavy atom. The van der Waals surface area contributed by atoms with Gasteiger partial charge in [-0.1, -0.05) is 41.9 Å². The number of halogens is 4. The van der Waals surface area contributed by atoms with E-state index in [-0.39, 0.29) is 33.7 Å². The van der Waals surface area contributed by atoms with E-state index in [4.69, 9.17) is 21.2 Å². The number of esters is 1. The molecule has 5 atom stereocenters. The van der Waals surface area contributed by atoms with E-state index < -0.39 is 61.8 Å². The van der Waals surface area contributed by atoms with Crippen molar-refractivity contribution in [3.05, 3.63) is 94.3 Å². The van der Waals surface area contributed by atoms with E-state index >= 15 is 0 Å². The summed E-state index contributed by atoms with van der Waals surface area (Å²) in [6, 6.07) is 14.3. The van der Waals surface area contributed by atoms with E-state index in [0.717, 1.165) is 11.6 Å². The Kier molecular flexibility index (Phi) is 7.52. The minimum atomic E-state index is -4.15. The number of benzene rings is 3. The van der Waals surface area contributed by atoms with Crippen molar-refractivity contribution in [1.82, 2.24) is 5.06 Å². The van der Waals surface area contributed by atoms with E-state index in [1.807, 2.05) is 30.3 Å². The molecule has 4 aliphatic rings. The van der Waals surface area contributed by atoms with Crippen molar-refractivity contribution in [1.29, 1.82) is 0 Å². The van der Waals surface area contributed by atoms with Crippen LogP contribution in [0, 0.1) is 35.2 Å². The van der Waals surface area contributed by atoms with Crippen molar-refractivity contribution in [3.63, 3.8) is 0 Å². The van der Waals surface area contributed by atoms with Crippen molar-refractivity contribution < 1.29 is 40.8 Å². The molecule has 13 heteroatoms. The summed E-state index contributed by atoms with van der Waals surface area (Å²) in [6.45, 7) is 0.391. The lowest BCUT2D eigenvalue weighted by Gasteiger charge is -2.43. The molecule has 226 valence electrons. The number of rotatable bonds is 7. The Hall–Kier alpha value is -3.45. The molecule has 1 amide bonds. The maximum absolute atomic E-state index is 14.2. The summed E-state index contributed by atoms with van der Waals surface area (Å²) in [5.74, 6) is -7.54. The number of nitrogens with one attached hydrogen (secondary N) is 1. The van der Waals surface area contributed by atoms with Crippen LogP contribution < -0.4 is 5.32 Å². The first-order chi connectivity index (χ1) is 20.5. The Labute approximate surface area is 250 Å². The quantitative estimate of drug-likeness (QED) is 0.283. The fourth-order valence-corrected chi connectivity index (χ4v) is 9.80. The lowest BCUT2D eigenvalue weighted by Crippen LogP contribution is -2.56. The summed E-state index contributed by atoms with van der Waals surface area (Å²) in [5, 5.41) is 2.97. The first-order valence-electron chi connectivity index (χ1n) is 13.5. The predicted octanol–water partition coefficient (Wildman–Crippen LogP) is 5.17. The molecule has 2 unspecified atom stereocenters. The minimum absolute atomic E-state index is 0.0521. The van der Waals surface area contributed by atoms with Crippen molar-refractivity contribution in [2.24, 2.45) is 17.8 Å². The second kappa shape index (κ2) is 10.9. The van der Waals surface area contributed by atoms with E-state index in [9.17, 15) is 31.2 Å². The molecule has 43 heavy (non-hydrogen) atoms. The highest BCUT2D eigenvalue weighted by Gasteiger charge is 2.73. The van der Waals surface area contributed by atoms with Gasteiger partial charge in [-0.2, -0.15) is 5.06 Å². The highest BCUT2D eigenvalue weighted by molar-refractivity contribution is 7.92. The van der Waals surface area contributed by atoms with E-state index in [1.165, 1.54) is 19.2 Å². The Morgan fingerprint density at radius 2 is 1.79 bits per heavy atom. The van der Waals surface area contributed by atoms with E-state index in [1.54, 1.807) is 5.06 Å². The van der Waals surface area contributed by atoms with Crippen molar-refractivity contribution in [3.8, 4) is 0 Å². The van der Waals surface area contributed by atoms with Gasteiger partial charge < -0.3 is 10.1 Å². The highest BCUT2D eigenvalue weighted by Crippen LogP contribution is 2.65. The molecule has 0 aromatic heterocycles. The summed E-state index contributed by atoms with van der Waals surface area (Å²) in [7, 11) is -2.86. The van der Waals surface area contributed by atoms with Gasteiger partial charge in [0.2, 0.25) is 0 Å². The number of carbonyl (C=O) groups is 2. The van der Waals surface area contributed by atoms with Gasteiger partial charge in [0.25, 0.3) is 5.91 Å². The number of amides is 1. The maximum Gasteiger partial charge on any atom is 0.313 e. The Balaban J connectivity index is 1.31. The van der Waals surface area contributed by atoms with Gasteiger partial charge in [-0.15, -0.1) is 0 Å². The third-order valence-corrected chi connectivity index (χ3v) is 11.7. The van der Waals surface area contributed by atoms with Gasteiger partial charge >= 0.3 is 5.97 Å². The fourth-order valence-electron chi connectivity index (χ4n) is 6.94. The smallest absolute Gasteiger partial charge is 0.313 e. The zero-order valence-corrected chi connectivity index (χ0v) is 24.3. The molecule has 1 N–H and O–H groups in total. The van der Waals surface area contributed by atoms with Crippen LogP contribution in [0.25, 0.3) is 0 Å². The molecule has 2 bridgehead atoms. The average Bonchev–Trinajstić information content (AvgIpc) is 3.63. The summed E-state index contributed by atoms with van der Waals surface area (Å²) in [4.78, 5) is 31.6. The average molecular weight is 635 g/mol. The normalized spacial score (nSPS) is 26.3. The van der Waals surface area contributed by atoms with Gasteiger partial charge in [-0.25, -0.2) is 21.6 Å². The second-order valence-corrected chi connectivity index (χ2v) is 13.5. The molecular weight excluding hydrogens is 609 g/mol. The highest BCUT2D eigenvalue weighted by atomic mass is 35.5. The Bertz CT molecular complexity index is 1700. The van der Waals surface area contributed by atoms with E-state index in [0.29, 0.717) is 31.5 Å². The Morgan fingerprint density at radius 3 is 2.47 bits per heavy atom. The van der Waals surface area contributed by atoms with Crippen molar-refractivity contribution in [2.75, 3.05) is 19.0 Å². The van der Waals surface area contributed by atoms with Crippen LogP contribution in [0.2, 0.25) is 5.02 Å². The molecule has 1 saturated heterocycles. The molecular formula is C30H26ClF3N2O6S. The summed E-state index contributed by atoms with van der Waals surface area (Å²) >= 11 is 6.37. The second-order valence-electron chi connectivity index (χ2n) is 11.1. The first kappa shape index (κ1) is 29.6. The van der Waals surface area contributed by atoms with Gasteiger partial charge in [-0.05, 0) is 48.4 Å². The van der Waals surface area contributed by atoms with E-state index in [2.05, 4.69) is 5.32 Å². The molecule has 1 aliphatic heterocycles. The first-order valence-corrected chi connectivity index (χ1v) is 15.4. The van der Waals surface area contributed by atoms with Crippen LogP contribution in [0.4, 0.5) is 18.9 Å². The molecule has 1 heterocycles. The van der Waals surface area contributed by atoms with Crippen LogP contribution >= 0.6 is 11.6 Å². The number of methoxy groups -OCH3 is 1. The SMILES string of the molecule is COC(=O)[C@H]1CON(Cc2ccccc2)[C@]12CC1CC2[C@@H]1S(=O)(=O)c1cc(C(=O)Nc2cc(F)c(F)c(F)c2)ccc1Cl. The number of hydrogen-bond donors (Lipinski definition) is 1. The largest absolute Gasteiger partial charge is 0.469 e. The molecule has 4 fully saturated rings. The number of sulfone groups is 1. The number of nitrogens with zero attached hydrogens (tertiary/aromatic N) is 1. The third kappa shape index (κ3) is 4.80. The molecule has 0 radical (unpaired) electrons. The van der Waals surface area contributed by atoms with Gasteiger partial charge in [0.15, 0.2) is 27.3 Å². The number of hydrogen-bond acceptors (Lipinski definition) is 7. The van der Waals surface area contributed by atoms with Crippen LogP contribution in [0.15, 0.2) is 65.6 Å². The summed E-state index contributed by atoms with van der Waals surface area (Å²) in [6.07, 6.45) is 0.930. The van der Waals surface area contributed by atoms with Crippen molar-refractivity contribution >= 4 is 39.0 Å². The molecule has 8 nitrogen and oxygen atoms in total. The lowest BCUT2D eigenvalue weighted by atomic mass is 9.73. The third-order valence-electron chi connectivity index (χ3n) is 8.87. The minimum Gasteiger partial charge on any atom is -0.469 e. The van der Waals surface area contributed by atoms with Gasteiger partial charge in [0, 0.05) is 29.9 Å². The zero-order chi connectivity index (χ0) is 30.7. The molecule has 3 aliphatic carbocycles. The van der Waals surface area contributed by atoms with Gasteiger partial charge in [-0.3, -0.25) is 14.4 Å². The zero-order valence-electron chi connectivity index (χ0n) is 22.7. The molecule has 3 aromatic carbocycles. The molecule has 3 aromatic rings. The van der Waals surface area contributed by atoms with Crippen LogP contribution in [0.1, 0.15) is 28.8 Å². The van der Waals surface area contributed by atoms with Gasteiger partial charge in [0.05, 0.1) is 34.4 Å². The van der Waals surface area contributed by atoms with Gasteiger partial charge in [0.1, 0.15) is 5.92 Å². The lowest BCUT2D eigenvalue weighted by molar-refractivity contribution is -0.180. The predicted molar refractivity (Wildman–Crippen MR) is 149 cm³/mol. The standard InChI is InChI=1S/C30H26ClF3N2O6S/c1-41-29(38)21-15-42-36(14-16-5-3-2-4-6-16)30(21)13-18-9-20(30)27(18)43(39,40)25-10-17(7-8-22(25)31)28(37)35-19-11-23(32)26(34)24(33)12-19/h2-8,10-12,18,20-21,27H,9,13-15H2,1H3,(H,35,37)/t18?,20?,21-,27-,30+/m1/s1. The number of anilines is 1. The molecule has 7 rings (SSSR count). The molecule has 3 saturated carbocycles. The summed E-state index contributed by atoms with van der Waals surface area (Å²) in [5.41, 5.74) is -0.493. The molecule has 1 spiro atoms. The van der Waals surface area contributed by atoms with Crippen LogP contribution in [-0.2, 0) is 30.8 Å². The van der Waals surface area contributed by atoms with Crippen LogP contribution in [-0.4, -0.2) is 49.9 Å². The monoisotopic (exact) mass is 634 g/mol. The van der Waals surface area contributed by atoms with Crippen molar-refractivity contribution in [2.45, 2.75) is 35.1 Å². The number of carbonyl (C=O) groups excluding carboxylic acids is 2. The summed E-state index contributed by atoms with van der Waals surface area (Å²) < 4.78 is 74.1. The topological polar surface area (TPSA) is 102 Å². The van der Waals surface area contributed by atoms with Crippen LogP contribution in [0.3, 0.4) is 0 Å². The fraction of sp³-hybridized carbons (Fsp3) is 0.333. The van der Waals surface area contributed by atoms with Crippen LogP contribution in [0.5, 0.6) is 0 Å². The number of ether oxygens (including phenoxy) is 1. The number of hydroxylamine groups is 2. The maximum atomic E-state index is 14.2.